The quantitative estimate of drug-likeness (QED) is 0.172. The third-order valence-electron chi connectivity index (χ3n) is 5.09. The standard InChI is InChI=1S/C28H24ClN3O3/c1-3-14-35-27-23(29)15-19(16-26(27)34-4-2)18-30-32-28(33)22-17-25(20-10-6-5-7-11-20)31-24-13-9-8-12-21(22)24/h3,5-13,15-18H,1,4,14H2,2H3,(H,32,33)/b30-18+. The average molecular weight is 486 g/mol. The van der Waals surface area contributed by atoms with Crippen molar-refractivity contribution in [2.24, 2.45) is 5.10 Å². The fourth-order valence-electron chi connectivity index (χ4n) is 3.55. The molecule has 176 valence electrons. The van der Waals surface area contributed by atoms with E-state index in [2.05, 4.69) is 17.1 Å². The summed E-state index contributed by atoms with van der Waals surface area (Å²) in [6.07, 6.45) is 3.13. The van der Waals surface area contributed by atoms with Gasteiger partial charge in [0.1, 0.15) is 6.61 Å². The SMILES string of the molecule is C=CCOc1c(Cl)cc(/C=N/NC(=O)c2cc(-c3ccccc3)nc3ccccc23)cc1OCC. The molecule has 1 N–H and O–H groups in total. The monoisotopic (exact) mass is 485 g/mol. The Kier molecular flexibility index (Phi) is 7.75. The zero-order chi connectivity index (χ0) is 24.6. The van der Waals surface area contributed by atoms with Crippen molar-refractivity contribution in [2.75, 3.05) is 13.2 Å². The molecule has 0 unspecified atom stereocenters. The van der Waals surface area contributed by atoms with E-state index in [-0.39, 0.29) is 5.91 Å². The van der Waals surface area contributed by atoms with Gasteiger partial charge in [-0.15, -0.1) is 0 Å². The normalized spacial score (nSPS) is 10.9. The van der Waals surface area contributed by atoms with E-state index in [1.165, 1.54) is 6.21 Å². The van der Waals surface area contributed by atoms with Crippen LogP contribution in [0.4, 0.5) is 0 Å². The Balaban J connectivity index is 1.60. The third kappa shape index (κ3) is 5.67. The number of nitrogens with one attached hydrogen (secondary N) is 1. The molecule has 3 aromatic carbocycles. The van der Waals surface area contributed by atoms with Gasteiger partial charge in [-0.25, -0.2) is 10.4 Å². The van der Waals surface area contributed by atoms with Crippen molar-refractivity contribution >= 4 is 34.6 Å². The predicted octanol–water partition coefficient (Wildman–Crippen LogP) is 6.28. The highest BCUT2D eigenvalue weighted by Gasteiger charge is 2.14. The molecule has 7 heteroatoms. The van der Waals surface area contributed by atoms with Crippen LogP contribution in [0.3, 0.4) is 0 Å². The summed E-state index contributed by atoms with van der Waals surface area (Å²) in [7, 11) is 0. The summed E-state index contributed by atoms with van der Waals surface area (Å²) < 4.78 is 11.3. The van der Waals surface area contributed by atoms with Crippen molar-refractivity contribution in [2.45, 2.75) is 6.92 Å². The molecule has 0 fully saturated rings. The van der Waals surface area contributed by atoms with Crippen molar-refractivity contribution in [1.29, 1.82) is 0 Å². The number of para-hydroxylation sites is 1. The lowest BCUT2D eigenvalue weighted by Gasteiger charge is -2.13. The first-order chi connectivity index (χ1) is 17.1. The summed E-state index contributed by atoms with van der Waals surface area (Å²) in [6, 6.07) is 22.5. The van der Waals surface area contributed by atoms with Crippen LogP contribution in [0.25, 0.3) is 22.2 Å². The highest BCUT2D eigenvalue weighted by molar-refractivity contribution is 6.32. The van der Waals surface area contributed by atoms with E-state index in [4.69, 9.17) is 26.1 Å². The first-order valence-electron chi connectivity index (χ1n) is 11.1. The van der Waals surface area contributed by atoms with Crippen molar-refractivity contribution in [3.05, 3.63) is 102 Å². The van der Waals surface area contributed by atoms with E-state index >= 15 is 0 Å². The van der Waals surface area contributed by atoms with Crippen LogP contribution in [0.15, 0.2) is 90.6 Å². The lowest BCUT2D eigenvalue weighted by atomic mass is 10.0. The second-order valence-electron chi connectivity index (χ2n) is 7.50. The summed E-state index contributed by atoms with van der Waals surface area (Å²) >= 11 is 6.39. The van der Waals surface area contributed by atoms with E-state index in [0.717, 1.165) is 16.5 Å². The van der Waals surface area contributed by atoms with Gasteiger partial charge in [0.15, 0.2) is 11.5 Å². The van der Waals surface area contributed by atoms with Gasteiger partial charge < -0.3 is 9.47 Å². The minimum absolute atomic E-state index is 0.300. The van der Waals surface area contributed by atoms with Crippen molar-refractivity contribution < 1.29 is 14.3 Å². The molecule has 1 heterocycles. The van der Waals surface area contributed by atoms with Gasteiger partial charge >= 0.3 is 0 Å². The number of amides is 1. The van der Waals surface area contributed by atoms with Gasteiger partial charge in [-0.3, -0.25) is 4.79 Å². The van der Waals surface area contributed by atoms with Crippen LogP contribution in [0, 0.1) is 0 Å². The Labute approximate surface area is 208 Å². The number of halogens is 1. The van der Waals surface area contributed by atoms with Crippen LogP contribution in [-0.2, 0) is 0 Å². The second-order valence-corrected chi connectivity index (χ2v) is 7.91. The van der Waals surface area contributed by atoms with Gasteiger partial charge in [0.25, 0.3) is 5.91 Å². The highest BCUT2D eigenvalue weighted by Crippen LogP contribution is 2.36. The van der Waals surface area contributed by atoms with Gasteiger partial charge in [-0.2, -0.15) is 5.10 Å². The largest absolute Gasteiger partial charge is 0.490 e. The average Bonchev–Trinajstić information content (AvgIpc) is 2.88. The zero-order valence-electron chi connectivity index (χ0n) is 19.2. The van der Waals surface area contributed by atoms with Gasteiger partial charge in [0, 0.05) is 10.9 Å². The van der Waals surface area contributed by atoms with E-state index < -0.39 is 0 Å². The number of ether oxygens (including phenoxy) is 2. The molecule has 0 saturated heterocycles. The Morgan fingerprint density at radius 3 is 2.63 bits per heavy atom. The van der Waals surface area contributed by atoms with Crippen LogP contribution in [-0.4, -0.2) is 30.3 Å². The van der Waals surface area contributed by atoms with Crippen molar-refractivity contribution in [3.8, 4) is 22.8 Å². The topological polar surface area (TPSA) is 72.8 Å². The molecule has 0 saturated carbocycles. The van der Waals surface area contributed by atoms with Gasteiger partial charge in [0.05, 0.1) is 34.6 Å². The molecule has 6 nitrogen and oxygen atoms in total. The molecule has 0 bridgehead atoms. The maximum Gasteiger partial charge on any atom is 0.272 e. The lowest BCUT2D eigenvalue weighted by Crippen LogP contribution is -2.18. The number of carbonyl (C=O) groups is 1. The minimum atomic E-state index is -0.348. The highest BCUT2D eigenvalue weighted by atomic mass is 35.5. The number of pyridine rings is 1. The number of carbonyl (C=O) groups excluding carboxylic acids is 1. The third-order valence-corrected chi connectivity index (χ3v) is 5.37. The molecule has 35 heavy (non-hydrogen) atoms. The smallest absolute Gasteiger partial charge is 0.272 e. The van der Waals surface area contributed by atoms with Crippen LogP contribution in [0.5, 0.6) is 11.5 Å². The molecule has 0 spiro atoms. The molecule has 4 rings (SSSR count). The van der Waals surface area contributed by atoms with E-state index in [1.54, 1.807) is 24.3 Å². The summed E-state index contributed by atoms with van der Waals surface area (Å²) in [6.45, 7) is 6.26. The maximum absolute atomic E-state index is 13.1. The second kappa shape index (κ2) is 11.3. The summed E-state index contributed by atoms with van der Waals surface area (Å²) in [4.78, 5) is 17.8. The number of hydrogen-bond acceptors (Lipinski definition) is 5. The van der Waals surface area contributed by atoms with Crippen LogP contribution < -0.4 is 14.9 Å². The van der Waals surface area contributed by atoms with Gasteiger partial charge in [0.2, 0.25) is 0 Å². The first kappa shape index (κ1) is 24.0. The fraction of sp³-hybridized carbons (Fsp3) is 0.107. The number of nitrogens with zero attached hydrogens (tertiary/aromatic N) is 2. The number of hydrogen-bond donors (Lipinski definition) is 1. The molecule has 0 aliphatic heterocycles. The Hall–Kier alpha value is -4.16. The van der Waals surface area contributed by atoms with Gasteiger partial charge in [-0.05, 0) is 36.8 Å². The predicted molar refractivity (Wildman–Crippen MR) is 141 cm³/mol. The van der Waals surface area contributed by atoms with Gasteiger partial charge in [-0.1, -0.05) is 72.8 Å². The molecular formula is C28H24ClN3O3. The molecule has 1 amide bonds. The molecular weight excluding hydrogens is 462 g/mol. The van der Waals surface area contributed by atoms with Crippen LogP contribution in [0.2, 0.25) is 5.02 Å². The first-order valence-corrected chi connectivity index (χ1v) is 11.5. The Bertz CT molecular complexity index is 1390. The maximum atomic E-state index is 13.1. The van der Waals surface area contributed by atoms with Crippen LogP contribution >= 0.6 is 11.6 Å². The van der Waals surface area contributed by atoms with Crippen LogP contribution in [0.1, 0.15) is 22.8 Å². The van der Waals surface area contributed by atoms with Crippen molar-refractivity contribution in [1.82, 2.24) is 10.4 Å². The summed E-state index contributed by atoms with van der Waals surface area (Å²) in [5, 5.41) is 5.26. The molecule has 4 aromatic rings. The van der Waals surface area contributed by atoms with Crippen molar-refractivity contribution in [3.63, 3.8) is 0 Å². The molecule has 0 radical (unpaired) electrons. The number of benzene rings is 3. The number of hydrazone groups is 1. The summed E-state index contributed by atoms with van der Waals surface area (Å²) in [5.41, 5.74) is 6.10. The zero-order valence-corrected chi connectivity index (χ0v) is 20.0. The Morgan fingerprint density at radius 2 is 1.86 bits per heavy atom. The minimum Gasteiger partial charge on any atom is -0.490 e. The molecule has 0 atom stereocenters. The molecule has 1 aromatic heterocycles. The van der Waals surface area contributed by atoms with E-state index in [1.807, 2.05) is 61.5 Å². The number of aromatic nitrogens is 1. The Morgan fingerprint density at radius 1 is 1.09 bits per heavy atom. The lowest BCUT2D eigenvalue weighted by molar-refractivity contribution is 0.0956. The fourth-order valence-corrected chi connectivity index (χ4v) is 3.83. The number of fused-ring (bicyclic) bond motifs is 1. The molecule has 0 aliphatic rings. The van der Waals surface area contributed by atoms with E-state index in [0.29, 0.717) is 46.6 Å². The van der Waals surface area contributed by atoms with E-state index in [9.17, 15) is 4.79 Å². The molecule has 0 aliphatic carbocycles. The number of rotatable bonds is 9. The summed E-state index contributed by atoms with van der Waals surface area (Å²) in [5.74, 6) is 0.577.